The van der Waals surface area contributed by atoms with Crippen LogP contribution in [0.4, 0.5) is 5.13 Å². The minimum atomic E-state index is -0.427. The smallest absolute Gasteiger partial charge is 0.283 e. The number of rotatable bonds is 6. The average molecular weight is 492 g/mol. The van der Waals surface area contributed by atoms with Crippen molar-refractivity contribution in [2.24, 2.45) is 5.10 Å². The summed E-state index contributed by atoms with van der Waals surface area (Å²) in [5, 5.41) is 6.05. The normalized spacial score (nSPS) is 11.2. The summed E-state index contributed by atoms with van der Waals surface area (Å²) in [7, 11) is 3.20. The van der Waals surface area contributed by atoms with Crippen LogP contribution in [0.15, 0.2) is 53.6 Å². The Morgan fingerprint density at radius 2 is 1.74 bits per heavy atom. The molecule has 0 aliphatic rings. The van der Waals surface area contributed by atoms with E-state index in [1.54, 1.807) is 20.4 Å². The summed E-state index contributed by atoms with van der Waals surface area (Å²) in [6.07, 6.45) is 1.58. The molecule has 0 fully saturated rings. The van der Waals surface area contributed by atoms with Gasteiger partial charge in [-0.25, -0.2) is 4.98 Å². The molecule has 0 atom stereocenters. The number of carbonyl (C=O) groups excluding carboxylic acids is 1. The first-order valence-corrected chi connectivity index (χ1v) is 11.3. The monoisotopic (exact) mass is 491 g/mol. The van der Waals surface area contributed by atoms with E-state index in [2.05, 4.69) is 10.1 Å². The van der Waals surface area contributed by atoms with Crippen molar-refractivity contribution in [3.63, 3.8) is 0 Å². The second-order valence-electron chi connectivity index (χ2n) is 6.20. The van der Waals surface area contributed by atoms with Crippen molar-refractivity contribution in [3.8, 4) is 11.5 Å². The Bertz CT molecular complexity index is 1270. The SMILES string of the molecule is COc1ccc(/C=N/N(C(=O)c2cc(Cl)sc2Cl)c2nc3ccc(OC)cc3s2)cc1. The summed E-state index contributed by atoms with van der Waals surface area (Å²) >= 11 is 14.7. The van der Waals surface area contributed by atoms with Gasteiger partial charge in [-0.2, -0.15) is 10.1 Å². The van der Waals surface area contributed by atoms with E-state index in [0.29, 0.717) is 19.6 Å². The van der Waals surface area contributed by atoms with Gasteiger partial charge in [0.05, 0.1) is 40.6 Å². The summed E-state index contributed by atoms with van der Waals surface area (Å²) in [5.74, 6) is 1.00. The number of amides is 1. The van der Waals surface area contributed by atoms with Gasteiger partial charge in [0, 0.05) is 0 Å². The molecule has 4 aromatic rings. The number of benzene rings is 2. The predicted octanol–water partition coefficient (Wildman–Crippen LogP) is 6.36. The fraction of sp³-hybridized carbons (Fsp3) is 0.0952. The second-order valence-corrected chi connectivity index (χ2v) is 9.50. The summed E-state index contributed by atoms with van der Waals surface area (Å²) < 4.78 is 12.0. The number of nitrogens with zero attached hydrogens (tertiary/aromatic N) is 3. The molecule has 0 bridgehead atoms. The maximum atomic E-state index is 13.3. The van der Waals surface area contributed by atoms with Crippen molar-refractivity contribution < 1.29 is 14.3 Å². The maximum Gasteiger partial charge on any atom is 0.283 e. The molecule has 158 valence electrons. The van der Waals surface area contributed by atoms with Gasteiger partial charge in [-0.05, 0) is 54.1 Å². The summed E-state index contributed by atoms with van der Waals surface area (Å²) in [4.78, 5) is 17.9. The van der Waals surface area contributed by atoms with Crippen LogP contribution in [0.1, 0.15) is 15.9 Å². The number of fused-ring (bicyclic) bond motifs is 1. The van der Waals surface area contributed by atoms with Crippen LogP contribution in [-0.2, 0) is 0 Å². The Kier molecular flexibility index (Phi) is 6.43. The van der Waals surface area contributed by atoms with E-state index in [1.165, 1.54) is 22.4 Å². The molecule has 2 aromatic heterocycles. The van der Waals surface area contributed by atoms with Crippen molar-refractivity contribution in [2.75, 3.05) is 19.2 Å². The van der Waals surface area contributed by atoms with Gasteiger partial charge in [-0.15, -0.1) is 11.3 Å². The van der Waals surface area contributed by atoms with Gasteiger partial charge >= 0.3 is 0 Å². The van der Waals surface area contributed by atoms with E-state index >= 15 is 0 Å². The van der Waals surface area contributed by atoms with Gasteiger partial charge < -0.3 is 9.47 Å². The number of hydrazone groups is 1. The zero-order chi connectivity index (χ0) is 22.0. The van der Waals surface area contributed by atoms with Crippen molar-refractivity contribution in [1.29, 1.82) is 0 Å². The highest BCUT2D eigenvalue weighted by atomic mass is 35.5. The van der Waals surface area contributed by atoms with Gasteiger partial charge in [-0.3, -0.25) is 4.79 Å². The van der Waals surface area contributed by atoms with E-state index in [0.717, 1.165) is 32.9 Å². The molecule has 0 saturated carbocycles. The van der Waals surface area contributed by atoms with Crippen molar-refractivity contribution >= 4 is 73.3 Å². The van der Waals surface area contributed by atoms with Crippen LogP contribution >= 0.6 is 45.9 Å². The molecule has 0 saturated heterocycles. The molecule has 0 aliphatic carbocycles. The fourth-order valence-electron chi connectivity index (χ4n) is 2.71. The highest BCUT2D eigenvalue weighted by molar-refractivity contribution is 7.22. The highest BCUT2D eigenvalue weighted by Gasteiger charge is 2.25. The molecule has 2 aromatic carbocycles. The minimum absolute atomic E-state index is 0.264. The number of anilines is 1. The van der Waals surface area contributed by atoms with Crippen molar-refractivity contribution in [1.82, 2.24) is 4.98 Å². The molecule has 0 spiro atoms. The highest BCUT2D eigenvalue weighted by Crippen LogP contribution is 2.36. The van der Waals surface area contributed by atoms with Crippen LogP contribution in [-0.4, -0.2) is 31.3 Å². The topological polar surface area (TPSA) is 64.0 Å². The lowest BCUT2D eigenvalue weighted by atomic mass is 10.2. The zero-order valence-corrected chi connectivity index (χ0v) is 19.5. The molecule has 10 heteroatoms. The van der Waals surface area contributed by atoms with E-state index in [4.69, 9.17) is 32.7 Å². The van der Waals surface area contributed by atoms with Gasteiger partial charge in [0.1, 0.15) is 15.8 Å². The Balaban J connectivity index is 1.75. The Morgan fingerprint density at radius 1 is 1.03 bits per heavy atom. The molecule has 0 N–H and O–H groups in total. The Hall–Kier alpha value is -2.65. The van der Waals surface area contributed by atoms with Crippen LogP contribution < -0.4 is 14.5 Å². The third kappa shape index (κ3) is 4.67. The van der Waals surface area contributed by atoms with Gasteiger partial charge in [0.15, 0.2) is 0 Å². The van der Waals surface area contributed by atoms with Gasteiger partial charge in [0.2, 0.25) is 5.13 Å². The second kappa shape index (κ2) is 9.23. The number of hydrogen-bond acceptors (Lipinski definition) is 7. The van der Waals surface area contributed by atoms with Crippen LogP contribution in [0.5, 0.6) is 11.5 Å². The number of aromatic nitrogens is 1. The maximum absolute atomic E-state index is 13.3. The van der Waals surface area contributed by atoms with Crippen LogP contribution in [0.25, 0.3) is 10.2 Å². The fourth-order valence-corrected chi connectivity index (χ4v) is 5.11. The van der Waals surface area contributed by atoms with Crippen LogP contribution in [0.3, 0.4) is 0 Å². The molecule has 2 heterocycles. The first-order chi connectivity index (χ1) is 15.0. The van der Waals surface area contributed by atoms with Gasteiger partial charge in [0.25, 0.3) is 5.91 Å². The lowest BCUT2D eigenvalue weighted by Gasteiger charge is -2.13. The molecule has 0 aliphatic heterocycles. The van der Waals surface area contributed by atoms with E-state index < -0.39 is 5.91 Å². The Labute approximate surface area is 196 Å². The average Bonchev–Trinajstić information content (AvgIpc) is 3.35. The largest absolute Gasteiger partial charge is 0.497 e. The molecule has 0 radical (unpaired) electrons. The molecular formula is C21H15Cl2N3O3S2. The molecule has 0 unspecified atom stereocenters. The van der Waals surface area contributed by atoms with E-state index in [1.807, 2.05) is 42.5 Å². The lowest BCUT2D eigenvalue weighted by Crippen LogP contribution is -2.25. The quantitative estimate of drug-likeness (QED) is 0.232. The summed E-state index contributed by atoms with van der Waals surface area (Å²) in [6, 6.07) is 14.3. The van der Waals surface area contributed by atoms with E-state index in [9.17, 15) is 4.79 Å². The molecule has 6 nitrogen and oxygen atoms in total. The van der Waals surface area contributed by atoms with E-state index in [-0.39, 0.29) is 5.56 Å². The summed E-state index contributed by atoms with van der Waals surface area (Å²) in [5.41, 5.74) is 1.78. The number of carbonyl (C=O) groups is 1. The van der Waals surface area contributed by atoms with Crippen LogP contribution in [0, 0.1) is 0 Å². The molecule has 1 amide bonds. The third-order valence-corrected chi connectivity index (χ3v) is 6.76. The number of ether oxygens (including phenoxy) is 2. The number of thiazole rings is 1. The third-order valence-electron chi connectivity index (χ3n) is 4.28. The minimum Gasteiger partial charge on any atom is -0.497 e. The Morgan fingerprint density at radius 3 is 2.39 bits per heavy atom. The first kappa shape index (κ1) is 21.6. The van der Waals surface area contributed by atoms with Crippen molar-refractivity contribution in [3.05, 3.63) is 68.3 Å². The molecule has 31 heavy (non-hydrogen) atoms. The van der Waals surface area contributed by atoms with Crippen molar-refractivity contribution in [2.45, 2.75) is 0 Å². The standard InChI is InChI=1S/C21H15Cl2N3O3S2/c1-28-13-5-3-12(4-6-13)11-24-26(20(27)15-10-18(22)31-19(15)23)21-25-16-8-7-14(29-2)9-17(16)30-21/h3-11H,1-2H3/b24-11+. The summed E-state index contributed by atoms with van der Waals surface area (Å²) in [6.45, 7) is 0. The number of hydrogen-bond donors (Lipinski definition) is 0. The van der Waals surface area contributed by atoms with Gasteiger partial charge in [-0.1, -0.05) is 34.5 Å². The molecule has 4 rings (SSSR count). The first-order valence-electron chi connectivity index (χ1n) is 8.90. The number of methoxy groups -OCH3 is 2. The number of halogens is 2. The van der Waals surface area contributed by atoms with Crippen LogP contribution in [0.2, 0.25) is 8.67 Å². The predicted molar refractivity (Wildman–Crippen MR) is 128 cm³/mol. The zero-order valence-electron chi connectivity index (χ0n) is 16.3. The molecular weight excluding hydrogens is 477 g/mol. The number of thiophene rings is 1. The lowest BCUT2D eigenvalue weighted by molar-refractivity contribution is 0.0988.